The first-order valence-electron chi connectivity index (χ1n) is 8.32. The van der Waals surface area contributed by atoms with Crippen molar-refractivity contribution in [3.8, 4) is 0 Å². The van der Waals surface area contributed by atoms with E-state index in [2.05, 4.69) is 20.4 Å². The number of aromatic nitrogens is 2. The first-order chi connectivity index (χ1) is 12.7. The van der Waals surface area contributed by atoms with Gasteiger partial charge in [0.2, 0.25) is 0 Å². The number of anilines is 1. The van der Waals surface area contributed by atoms with Crippen LogP contribution in [-0.2, 0) is 9.63 Å². The molecule has 1 atom stereocenters. The van der Waals surface area contributed by atoms with Crippen LogP contribution in [0.5, 0.6) is 0 Å². The second kappa shape index (κ2) is 6.55. The lowest BCUT2D eigenvalue weighted by Gasteiger charge is -2.21. The Kier molecular flexibility index (Phi) is 4.08. The maximum Gasteiger partial charge on any atom is 0.273 e. The van der Waals surface area contributed by atoms with E-state index in [0.717, 1.165) is 0 Å². The molecule has 2 aliphatic rings. The fourth-order valence-electron chi connectivity index (χ4n) is 3.17. The number of rotatable bonds is 3. The number of pyridine rings is 2. The molecule has 0 aromatic carbocycles. The van der Waals surface area contributed by atoms with E-state index in [4.69, 9.17) is 4.84 Å². The number of nitrogens with zero attached hydrogens (tertiary/aromatic N) is 4. The highest BCUT2D eigenvalue weighted by atomic mass is 16.7. The molecule has 1 spiro atoms. The quantitative estimate of drug-likeness (QED) is 0.903. The molecule has 2 aromatic rings. The van der Waals surface area contributed by atoms with Gasteiger partial charge in [-0.05, 0) is 24.3 Å². The van der Waals surface area contributed by atoms with Crippen LogP contribution >= 0.6 is 0 Å². The van der Waals surface area contributed by atoms with Crippen molar-refractivity contribution in [1.29, 1.82) is 0 Å². The summed E-state index contributed by atoms with van der Waals surface area (Å²) in [5.41, 5.74) is 0.685. The predicted molar refractivity (Wildman–Crippen MR) is 93.5 cm³/mol. The fourth-order valence-corrected chi connectivity index (χ4v) is 3.17. The number of nitrogens with one attached hydrogen (secondary N) is 1. The Morgan fingerprint density at radius 1 is 1.19 bits per heavy atom. The second-order valence-corrected chi connectivity index (χ2v) is 6.38. The van der Waals surface area contributed by atoms with Gasteiger partial charge in [-0.3, -0.25) is 19.6 Å². The third-order valence-corrected chi connectivity index (χ3v) is 4.51. The first kappa shape index (κ1) is 16.2. The van der Waals surface area contributed by atoms with Crippen LogP contribution in [0.25, 0.3) is 0 Å². The second-order valence-electron chi connectivity index (χ2n) is 6.38. The number of hydrogen-bond donors (Lipinski definition) is 1. The molecule has 1 saturated heterocycles. The van der Waals surface area contributed by atoms with Gasteiger partial charge in [-0.25, -0.2) is 0 Å². The topological polar surface area (TPSA) is 96.8 Å². The number of amides is 2. The Hall–Kier alpha value is -3.29. The van der Waals surface area contributed by atoms with Crippen LogP contribution in [0.1, 0.15) is 23.3 Å². The van der Waals surface area contributed by atoms with E-state index in [0.29, 0.717) is 43.0 Å². The SMILES string of the molecule is O=C(Nc1cccnc1)C1=NOC2(CCN(C(=O)c3ccccn3)C2)C1. The van der Waals surface area contributed by atoms with E-state index in [1.165, 1.54) is 0 Å². The molecule has 0 radical (unpaired) electrons. The van der Waals surface area contributed by atoms with E-state index in [1.54, 1.807) is 53.8 Å². The smallest absolute Gasteiger partial charge is 0.273 e. The molecule has 8 nitrogen and oxygen atoms in total. The van der Waals surface area contributed by atoms with Crippen molar-refractivity contribution in [2.24, 2.45) is 5.16 Å². The van der Waals surface area contributed by atoms with Gasteiger partial charge >= 0.3 is 0 Å². The Balaban J connectivity index is 1.38. The molecule has 0 bridgehead atoms. The zero-order valence-corrected chi connectivity index (χ0v) is 14.0. The number of likely N-dealkylation sites (tertiary alicyclic amines) is 1. The average molecular weight is 351 g/mol. The minimum atomic E-state index is -0.633. The van der Waals surface area contributed by atoms with E-state index in [1.807, 2.05) is 0 Å². The van der Waals surface area contributed by atoms with E-state index < -0.39 is 5.60 Å². The molecular weight excluding hydrogens is 334 g/mol. The lowest BCUT2D eigenvalue weighted by Crippen LogP contribution is -2.37. The van der Waals surface area contributed by atoms with Crippen molar-refractivity contribution in [2.45, 2.75) is 18.4 Å². The Morgan fingerprint density at radius 3 is 2.88 bits per heavy atom. The molecule has 4 heterocycles. The highest BCUT2D eigenvalue weighted by Gasteiger charge is 2.48. The number of carbonyl (C=O) groups is 2. The van der Waals surface area contributed by atoms with Gasteiger partial charge in [0.15, 0.2) is 5.60 Å². The van der Waals surface area contributed by atoms with Crippen molar-refractivity contribution < 1.29 is 14.4 Å². The Bertz CT molecular complexity index is 856. The first-order valence-corrected chi connectivity index (χ1v) is 8.32. The van der Waals surface area contributed by atoms with Gasteiger partial charge in [0, 0.05) is 31.8 Å². The van der Waals surface area contributed by atoms with Crippen LogP contribution < -0.4 is 5.32 Å². The molecule has 26 heavy (non-hydrogen) atoms. The number of carbonyl (C=O) groups excluding carboxylic acids is 2. The minimum Gasteiger partial charge on any atom is -0.386 e. The van der Waals surface area contributed by atoms with Crippen LogP contribution in [-0.4, -0.2) is 51.1 Å². The molecule has 1 unspecified atom stereocenters. The van der Waals surface area contributed by atoms with Crippen molar-refractivity contribution >= 4 is 23.2 Å². The predicted octanol–water partition coefficient (Wildman–Crippen LogP) is 1.48. The maximum atomic E-state index is 12.5. The van der Waals surface area contributed by atoms with Crippen LogP contribution in [0.3, 0.4) is 0 Å². The summed E-state index contributed by atoms with van der Waals surface area (Å²) < 4.78 is 0. The highest BCUT2D eigenvalue weighted by Crippen LogP contribution is 2.34. The Morgan fingerprint density at radius 2 is 2.12 bits per heavy atom. The van der Waals surface area contributed by atoms with E-state index in [-0.39, 0.29) is 11.8 Å². The normalized spacial score (nSPS) is 21.4. The molecule has 132 valence electrons. The van der Waals surface area contributed by atoms with Crippen molar-refractivity contribution in [2.75, 3.05) is 18.4 Å². The molecule has 2 aliphatic heterocycles. The monoisotopic (exact) mass is 351 g/mol. The molecular formula is C18H17N5O3. The summed E-state index contributed by atoms with van der Waals surface area (Å²) in [5.74, 6) is -0.455. The number of oxime groups is 1. The van der Waals surface area contributed by atoms with Crippen LogP contribution in [0, 0.1) is 0 Å². The summed E-state index contributed by atoms with van der Waals surface area (Å²) in [7, 11) is 0. The van der Waals surface area contributed by atoms with Crippen molar-refractivity contribution in [1.82, 2.24) is 14.9 Å². The lowest BCUT2D eigenvalue weighted by molar-refractivity contribution is -0.110. The summed E-state index contributed by atoms with van der Waals surface area (Å²) in [4.78, 5) is 40.2. The number of hydrogen-bond acceptors (Lipinski definition) is 6. The van der Waals surface area contributed by atoms with Gasteiger partial charge in [0.25, 0.3) is 11.8 Å². The molecule has 0 aliphatic carbocycles. The van der Waals surface area contributed by atoms with Gasteiger partial charge in [-0.2, -0.15) is 0 Å². The van der Waals surface area contributed by atoms with Gasteiger partial charge in [0.05, 0.1) is 18.4 Å². The lowest BCUT2D eigenvalue weighted by atomic mass is 9.96. The molecule has 0 saturated carbocycles. The zero-order chi connectivity index (χ0) is 18.0. The maximum absolute atomic E-state index is 12.5. The highest BCUT2D eigenvalue weighted by molar-refractivity contribution is 6.43. The van der Waals surface area contributed by atoms with Crippen LogP contribution in [0.2, 0.25) is 0 Å². The fraction of sp³-hybridized carbons (Fsp3) is 0.278. The van der Waals surface area contributed by atoms with Gasteiger partial charge in [-0.15, -0.1) is 0 Å². The molecule has 1 N–H and O–H groups in total. The van der Waals surface area contributed by atoms with Gasteiger partial charge in [-0.1, -0.05) is 11.2 Å². The van der Waals surface area contributed by atoms with Crippen LogP contribution in [0.4, 0.5) is 5.69 Å². The third-order valence-electron chi connectivity index (χ3n) is 4.51. The molecule has 4 rings (SSSR count). The van der Waals surface area contributed by atoms with Crippen LogP contribution in [0.15, 0.2) is 54.1 Å². The summed E-state index contributed by atoms with van der Waals surface area (Å²) in [6, 6.07) is 8.72. The molecule has 8 heteroatoms. The summed E-state index contributed by atoms with van der Waals surface area (Å²) >= 11 is 0. The summed E-state index contributed by atoms with van der Waals surface area (Å²) in [5, 5.41) is 6.71. The largest absolute Gasteiger partial charge is 0.386 e. The molecule has 1 fully saturated rings. The van der Waals surface area contributed by atoms with Gasteiger partial charge < -0.3 is 15.1 Å². The van der Waals surface area contributed by atoms with E-state index in [9.17, 15) is 9.59 Å². The minimum absolute atomic E-state index is 0.140. The van der Waals surface area contributed by atoms with Crippen molar-refractivity contribution in [3.05, 3.63) is 54.6 Å². The summed E-state index contributed by atoms with van der Waals surface area (Å²) in [6.07, 6.45) is 5.78. The Labute approximate surface area is 149 Å². The van der Waals surface area contributed by atoms with E-state index >= 15 is 0 Å². The van der Waals surface area contributed by atoms with Gasteiger partial charge in [0.1, 0.15) is 11.4 Å². The average Bonchev–Trinajstić information content (AvgIpc) is 3.30. The molecule has 2 aromatic heterocycles. The third kappa shape index (κ3) is 3.13. The standard InChI is InChI=1S/C18H17N5O3/c24-16(21-13-4-3-7-19-11-13)15-10-18(26-22-15)6-9-23(12-18)17(25)14-5-1-2-8-20-14/h1-5,7-8,11H,6,9-10,12H2,(H,21,24). The zero-order valence-electron chi connectivity index (χ0n) is 14.0. The van der Waals surface area contributed by atoms with Crippen molar-refractivity contribution in [3.63, 3.8) is 0 Å². The summed E-state index contributed by atoms with van der Waals surface area (Å²) in [6.45, 7) is 0.929. The molecule has 2 amide bonds.